The van der Waals surface area contributed by atoms with E-state index in [0.717, 1.165) is 64.4 Å². The summed E-state index contributed by atoms with van der Waals surface area (Å²) in [6, 6.07) is 0. The van der Waals surface area contributed by atoms with Crippen LogP contribution < -0.4 is 5.32 Å². The minimum absolute atomic E-state index is 0.0467. The number of amides is 2. The van der Waals surface area contributed by atoms with E-state index in [9.17, 15) is 9.59 Å². The molecule has 2 heterocycles. The van der Waals surface area contributed by atoms with E-state index in [-0.39, 0.29) is 17.7 Å². The van der Waals surface area contributed by atoms with Crippen LogP contribution in [0.3, 0.4) is 0 Å². The Kier molecular flexibility index (Phi) is 6.48. The van der Waals surface area contributed by atoms with Gasteiger partial charge in [0, 0.05) is 45.3 Å². The van der Waals surface area contributed by atoms with Crippen LogP contribution >= 0.6 is 0 Å². The second-order valence-corrected chi connectivity index (χ2v) is 7.69. The van der Waals surface area contributed by atoms with E-state index in [1.807, 2.05) is 11.8 Å². The average molecular weight is 349 g/mol. The molecule has 0 aromatic carbocycles. The average Bonchev–Trinajstić information content (AvgIpc) is 3.45. The van der Waals surface area contributed by atoms with Crippen molar-refractivity contribution >= 4 is 11.8 Å². The minimum Gasteiger partial charge on any atom is -0.379 e. The Hall–Kier alpha value is -1.40. The van der Waals surface area contributed by atoms with Crippen molar-refractivity contribution in [3.63, 3.8) is 0 Å². The van der Waals surface area contributed by atoms with Crippen molar-refractivity contribution in [3.05, 3.63) is 11.6 Å². The third kappa shape index (κ3) is 5.82. The van der Waals surface area contributed by atoms with Gasteiger partial charge in [-0.15, -0.1) is 0 Å². The first kappa shape index (κ1) is 18.4. The molecule has 1 aliphatic carbocycles. The molecule has 0 radical (unpaired) electrons. The maximum Gasteiger partial charge on any atom is 0.246 e. The highest BCUT2D eigenvalue weighted by Crippen LogP contribution is 2.28. The van der Waals surface area contributed by atoms with E-state index in [1.165, 1.54) is 12.8 Å². The molecule has 0 spiro atoms. The van der Waals surface area contributed by atoms with Crippen molar-refractivity contribution < 1.29 is 14.3 Å². The van der Waals surface area contributed by atoms with Crippen molar-refractivity contribution in [1.29, 1.82) is 0 Å². The number of carbonyl (C=O) groups is 2. The summed E-state index contributed by atoms with van der Waals surface area (Å²) in [7, 11) is 0. The second kappa shape index (κ2) is 8.81. The molecule has 2 saturated heterocycles. The van der Waals surface area contributed by atoms with Crippen molar-refractivity contribution in [2.24, 2.45) is 11.8 Å². The fourth-order valence-electron chi connectivity index (χ4n) is 3.56. The van der Waals surface area contributed by atoms with Crippen molar-refractivity contribution in [1.82, 2.24) is 15.1 Å². The topological polar surface area (TPSA) is 61.9 Å². The lowest BCUT2D eigenvalue weighted by atomic mass is 9.97. The smallest absolute Gasteiger partial charge is 0.246 e. The molecule has 6 nitrogen and oxygen atoms in total. The Morgan fingerprint density at radius 2 is 1.92 bits per heavy atom. The zero-order valence-corrected chi connectivity index (χ0v) is 15.3. The molecule has 0 aromatic rings. The molecule has 25 heavy (non-hydrogen) atoms. The summed E-state index contributed by atoms with van der Waals surface area (Å²) in [6.07, 6.45) is 6.02. The molecule has 140 valence electrons. The van der Waals surface area contributed by atoms with Gasteiger partial charge < -0.3 is 15.0 Å². The quantitative estimate of drug-likeness (QED) is 0.728. The van der Waals surface area contributed by atoms with Crippen LogP contribution in [-0.2, 0) is 14.3 Å². The van der Waals surface area contributed by atoms with E-state index in [0.29, 0.717) is 12.5 Å². The number of ether oxygens (including phenoxy) is 1. The summed E-state index contributed by atoms with van der Waals surface area (Å²) in [6.45, 7) is 8.32. The lowest BCUT2D eigenvalue weighted by molar-refractivity contribution is -0.132. The van der Waals surface area contributed by atoms with E-state index in [2.05, 4.69) is 10.2 Å². The molecular formula is C19H31N3O3. The van der Waals surface area contributed by atoms with Gasteiger partial charge in [-0.25, -0.2) is 0 Å². The highest BCUT2D eigenvalue weighted by Gasteiger charge is 2.29. The summed E-state index contributed by atoms with van der Waals surface area (Å²) >= 11 is 0. The molecule has 1 N–H and O–H groups in total. The summed E-state index contributed by atoms with van der Waals surface area (Å²) in [5, 5.41) is 3.06. The molecule has 3 rings (SSSR count). The van der Waals surface area contributed by atoms with E-state index in [4.69, 9.17) is 4.74 Å². The Labute approximate surface area is 150 Å². The Morgan fingerprint density at radius 1 is 1.16 bits per heavy atom. The van der Waals surface area contributed by atoms with Gasteiger partial charge in [-0.2, -0.15) is 0 Å². The van der Waals surface area contributed by atoms with Crippen LogP contribution in [0.2, 0.25) is 0 Å². The number of morpholine rings is 1. The molecular weight excluding hydrogens is 318 g/mol. The summed E-state index contributed by atoms with van der Waals surface area (Å²) in [5.41, 5.74) is 1.08. The highest BCUT2D eigenvalue weighted by atomic mass is 16.5. The van der Waals surface area contributed by atoms with Crippen LogP contribution in [0.4, 0.5) is 0 Å². The van der Waals surface area contributed by atoms with Crippen molar-refractivity contribution in [3.8, 4) is 0 Å². The number of likely N-dealkylation sites (tertiary alicyclic amines) is 1. The molecule has 0 bridgehead atoms. The second-order valence-electron chi connectivity index (χ2n) is 7.69. The number of nitrogens with one attached hydrogen (secondary N) is 1. The lowest BCUT2D eigenvalue weighted by Crippen LogP contribution is -2.45. The standard InChI is InChI=1S/C19H31N3O3/c1-15(13-21-7-9-25-10-8-21)11-18(23)22-6-2-3-17(14-22)19(24)20-12-16-4-5-16/h11,16-17H,2-10,12-14H2,1H3,(H,20,24). The Morgan fingerprint density at radius 3 is 2.64 bits per heavy atom. The molecule has 2 amide bonds. The number of rotatable bonds is 6. The SMILES string of the molecule is CC(=CC(=O)N1CCCC(C(=O)NCC2CC2)C1)CN1CCOCC1. The zero-order valence-electron chi connectivity index (χ0n) is 15.3. The van der Waals surface area contributed by atoms with Crippen LogP contribution in [-0.4, -0.2) is 74.1 Å². The largest absolute Gasteiger partial charge is 0.379 e. The first-order valence-electron chi connectivity index (χ1n) is 9.65. The fourth-order valence-corrected chi connectivity index (χ4v) is 3.56. The minimum atomic E-state index is -0.0515. The van der Waals surface area contributed by atoms with Gasteiger partial charge >= 0.3 is 0 Å². The van der Waals surface area contributed by atoms with Crippen molar-refractivity contribution in [2.75, 3.05) is 52.5 Å². The van der Waals surface area contributed by atoms with E-state index in [1.54, 1.807) is 6.08 Å². The third-order valence-electron chi connectivity index (χ3n) is 5.31. The monoisotopic (exact) mass is 349 g/mol. The highest BCUT2D eigenvalue weighted by molar-refractivity contribution is 5.89. The predicted octanol–water partition coefficient (Wildman–Crippen LogP) is 1.03. The maximum atomic E-state index is 12.6. The lowest BCUT2D eigenvalue weighted by Gasteiger charge is -2.32. The molecule has 3 aliphatic rings. The molecule has 2 aliphatic heterocycles. The van der Waals surface area contributed by atoms with Crippen LogP contribution in [0.15, 0.2) is 11.6 Å². The van der Waals surface area contributed by atoms with Gasteiger partial charge in [0.2, 0.25) is 11.8 Å². The van der Waals surface area contributed by atoms with Crippen LogP contribution in [0.5, 0.6) is 0 Å². The van der Waals surface area contributed by atoms with Gasteiger partial charge in [0.1, 0.15) is 0 Å². The van der Waals surface area contributed by atoms with Gasteiger partial charge in [0.25, 0.3) is 0 Å². The van der Waals surface area contributed by atoms with Crippen LogP contribution in [0, 0.1) is 11.8 Å². The molecule has 1 saturated carbocycles. The summed E-state index contributed by atoms with van der Waals surface area (Å²) in [5.74, 6) is 0.810. The molecule has 1 atom stereocenters. The molecule has 3 fully saturated rings. The third-order valence-corrected chi connectivity index (χ3v) is 5.31. The Balaban J connectivity index is 1.46. The first-order chi connectivity index (χ1) is 12.1. The number of hydrogen-bond acceptors (Lipinski definition) is 4. The fraction of sp³-hybridized carbons (Fsp3) is 0.789. The van der Waals surface area contributed by atoms with Crippen LogP contribution in [0.25, 0.3) is 0 Å². The van der Waals surface area contributed by atoms with E-state index < -0.39 is 0 Å². The summed E-state index contributed by atoms with van der Waals surface area (Å²) < 4.78 is 5.36. The van der Waals surface area contributed by atoms with E-state index >= 15 is 0 Å². The zero-order chi connectivity index (χ0) is 17.6. The van der Waals surface area contributed by atoms with Gasteiger partial charge in [-0.3, -0.25) is 14.5 Å². The van der Waals surface area contributed by atoms with Gasteiger partial charge in [-0.05, 0) is 38.5 Å². The molecule has 6 heteroatoms. The summed E-state index contributed by atoms with van der Waals surface area (Å²) in [4.78, 5) is 29.0. The number of carbonyl (C=O) groups excluding carboxylic acids is 2. The first-order valence-corrected chi connectivity index (χ1v) is 9.65. The number of hydrogen-bond donors (Lipinski definition) is 1. The molecule has 0 aromatic heterocycles. The van der Waals surface area contributed by atoms with Crippen molar-refractivity contribution in [2.45, 2.75) is 32.6 Å². The predicted molar refractivity (Wildman–Crippen MR) is 96.1 cm³/mol. The van der Waals surface area contributed by atoms with Gasteiger partial charge in [0.05, 0.1) is 19.1 Å². The van der Waals surface area contributed by atoms with Gasteiger partial charge in [0.15, 0.2) is 0 Å². The Bertz CT molecular complexity index is 510. The maximum absolute atomic E-state index is 12.6. The number of piperidine rings is 1. The molecule has 1 unspecified atom stereocenters. The number of nitrogens with zero attached hydrogens (tertiary/aromatic N) is 2. The van der Waals surface area contributed by atoms with Gasteiger partial charge in [-0.1, -0.05) is 5.57 Å². The van der Waals surface area contributed by atoms with Crippen LogP contribution in [0.1, 0.15) is 32.6 Å². The normalized spacial score (nSPS) is 25.7.